The van der Waals surface area contributed by atoms with Gasteiger partial charge in [-0.15, -0.1) is 0 Å². The number of aliphatic carboxylic acids is 1. The number of hydrogen-bond donors (Lipinski definition) is 2. The number of para-hydroxylation sites is 2. The number of rotatable bonds is 5. The molecule has 1 unspecified atom stereocenters. The lowest BCUT2D eigenvalue weighted by Gasteiger charge is -2.14. The lowest BCUT2D eigenvalue weighted by Crippen LogP contribution is -2.42. The van der Waals surface area contributed by atoms with Crippen LogP contribution < -0.4 is 5.32 Å². The largest absolute Gasteiger partial charge is 0.480 e. The first-order chi connectivity index (χ1) is 11.6. The van der Waals surface area contributed by atoms with Gasteiger partial charge < -0.3 is 10.4 Å². The Kier molecular flexibility index (Phi) is 4.47. The second-order valence-corrected chi connectivity index (χ2v) is 5.28. The Morgan fingerprint density at radius 1 is 1.00 bits per heavy atom. The molecule has 0 radical (unpaired) electrons. The quantitative estimate of drug-likeness (QED) is 0.750. The number of hydrogen-bond acceptors (Lipinski definition) is 4. The van der Waals surface area contributed by atoms with Crippen LogP contribution in [0.2, 0.25) is 0 Å². The number of carboxylic acids is 1. The van der Waals surface area contributed by atoms with Gasteiger partial charge in [-0.05, 0) is 24.3 Å². The first-order valence-corrected chi connectivity index (χ1v) is 7.43. The lowest BCUT2D eigenvalue weighted by atomic mass is 10.1. The molecule has 2 N–H and O–H groups in total. The third kappa shape index (κ3) is 3.55. The van der Waals surface area contributed by atoms with Crippen LogP contribution in [-0.4, -0.2) is 33.0 Å². The third-order valence-corrected chi connectivity index (χ3v) is 3.55. The molecule has 0 spiro atoms. The van der Waals surface area contributed by atoms with Crippen molar-refractivity contribution in [2.45, 2.75) is 12.5 Å². The van der Waals surface area contributed by atoms with E-state index in [1.54, 1.807) is 30.3 Å². The van der Waals surface area contributed by atoms with Gasteiger partial charge in [-0.3, -0.25) is 9.78 Å². The number of carbonyl (C=O) groups is 2. The Morgan fingerprint density at radius 3 is 2.38 bits per heavy atom. The maximum absolute atomic E-state index is 12.2. The summed E-state index contributed by atoms with van der Waals surface area (Å²) >= 11 is 0. The highest BCUT2D eigenvalue weighted by atomic mass is 16.4. The summed E-state index contributed by atoms with van der Waals surface area (Å²) in [6.07, 6.45) is 1.60. The maximum Gasteiger partial charge on any atom is 0.326 e. The highest BCUT2D eigenvalue weighted by Gasteiger charge is 2.22. The zero-order valence-corrected chi connectivity index (χ0v) is 12.7. The molecule has 1 amide bonds. The van der Waals surface area contributed by atoms with E-state index in [-0.39, 0.29) is 6.42 Å². The van der Waals surface area contributed by atoms with E-state index in [0.29, 0.717) is 16.8 Å². The van der Waals surface area contributed by atoms with Gasteiger partial charge in [0.15, 0.2) is 0 Å². The smallest absolute Gasteiger partial charge is 0.326 e. The molecule has 0 aliphatic rings. The number of carbonyl (C=O) groups excluding carboxylic acids is 1. The summed E-state index contributed by atoms with van der Waals surface area (Å²) in [5.74, 6) is -1.55. The number of nitrogens with one attached hydrogen (secondary N) is 1. The minimum Gasteiger partial charge on any atom is -0.480 e. The van der Waals surface area contributed by atoms with Crippen molar-refractivity contribution in [1.82, 2.24) is 15.3 Å². The second kappa shape index (κ2) is 6.87. The number of nitrogens with zero attached hydrogens (tertiary/aromatic N) is 2. The van der Waals surface area contributed by atoms with E-state index in [0.717, 1.165) is 5.52 Å². The average Bonchev–Trinajstić information content (AvgIpc) is 2.61. The van der Waals surface area contributed by atoms with Gasteiger partial charge in [-0.25, -0.2) is 9.78 Å². The molecule has 0 bridgehead atoms. The standard InChI is InChI=1S/C18H15N3O3/c22-17(12-6-2-1-3-7-12)21-16(18(23)24)10-13-11-19-14-8-4-5-9-15(14)20-13/h1-9,11,16H,10H2,(H,21,22)(H,23,24). The highest BCUT2D eigenvalue weighted by molar-refractivity contribution is 5.96. The molecule has 0 aliphatic carbocycles. The van der Waals surface area contributed by atoms with Crippen molar-refractivity contribution in [3.8, 4) is 0 Å². The molecule has 1 atom stereocenters. The molecule has 3 aromatic rings. The zero-order valence-electron chi connectivity index (χ0n) is 12.7. The van der Waals surface area contributed by atoms with Gasteiger partial charge in [0.1, 0.15) is 6.04 Å². The van der Waals surface area contributed by atoms with Gasteiger partial charge in [-0.1, -0.05) is 30.3 Å². The monoisotopic (exact) mass is 321 g/mol. The number of carboxylic acid groups (broad SMARTS) is 1. The summed E-state index contributed by atoms with van der Waals surface area (Å²) in [6, 6.07) is 14.8. The topological polar surface area (TPSA) is 92.2 Å². The SMILES string of the molecule is O=C(NC(Cc1cnc2ccccc2n1)C(=O)O)c1ccccc1. The van der Waals surface area contributed by atoms with E-state index in [9.17, 15) is 14.7 Å². The van der Waals surface area contributed by atoms with Crippen molar-refractivity contribution >= 4 is 22.9 Å². The van der Waals surface area contributed by atoms with Gasteiger partial charge in [0.25, 0.3) is 5.91 Å². The number of aromatic nitrogens is 2. The Morgan fingerprint density at radius 2 is 1.67 bits per heavy atom. The van der Waals surface area contributed by atoms with E-state index in [2.05, 4.69) is 15.3 Å². The molecular formula is C18H15N3O3. The molecular weight excluding hydrogens is 306 g/mol. The Labute approximate surface area is 138 Å². The van der Waals surface area contributed by atoms with Crippen LogP contribution in [0.5, 0.6) is 0 Å². The summed E-state index contributed by atoms with van der Waals surface area (Å²) in [7, 11) is 0. The fourth-order valence-corrected chi connectivity index (χ4v) is 2.33. The molecule has 6 heteroatoms. The van der Waals surface area contributed by atoms with Crippen molar-refractivity contribution in [2.24, 2.45) is 0 Å². The maximum atomic E-state index is 12.2. The van der Waals surface area contributed by atoms with E-state index in [1.165, 1.54) is 6.20 Å². The fraction of sp³-hybridized carbons (Fsp3) is 0.111. The van der Waals surface area contributed by atoms with E-state index >= 15 is 0 Å². The number of benzene rings is 2. The van der Waals surface area contributed by atoms with Crippen molar-refractivity contribution in [2.75, 3.05) is 0 Å². The van der Waals surface area contributed by atoms with Crippen LogP contribution in [0.3, 0.4) is 0 Å². The number of amides is 1. The summed E-state index contributed by atoms with van der Waals surface area (Å²) in [5, 5.41) is 11.9. The summed E-state index contributed by atoms with van der Waals surface area (Å²) in [4.78, 5) is 32.3. The van der Waals surface area contributed by atoms with Gasteiger partial charge >= 0.3 is 5.97 Å². The zero-order chi connectivity index (χ0) is 16.9. The second-order valence-electron chi connectivity index (χ2n) is 5.28. The average molecular weight is 321 g/mol. The molecule has 120 valence electrons. The first kappa shape index (κ1) is 15.6. The lowest BCUT2D eigenvalue weighted by molar-refractivity contribution is -0.139. The van der Waals surface area contributed by atoms with Crippen molar-refractivity contribution in [1.29, 1.82) is 0 Å². The Hall–Kier alpha value is -3.28. The molecule has 0 fully saturated rings. The van der Waals surface area contributed by atoms with Crippen LogP contribution >= 0.6 is 0 Å². The minimum atomic E-state index is -1.12. The Balaban J connectivity index is 1.78. The molecule has 0 aliphatic heterocycles. The van der Waals surface area contributed by atoms with Crippen molar-refractivity contribution < 1.29 is 14.7 Å². The molecule has 2 aromatic carbocycles. The van der Waals surface area contributed by atoms with Crippen LogP contribution in [0.15, 0.2) is 60.8 Å². The molecule has 0 saturated carbocycles. The summed E-state index contributed by atoms with van der Waals surface area (Å²) < 4.78 is 0. The number of fused-ring (bicyclic) bond motifs is 1. The van der Waals surface area contributed by atoms with Gasteiger partial charge in [-0.2, -0.15) is 0 Å². The molecule has 0 saturated heterocycles. The highest BCUT2D eigenvalue weighted by Crippen LogP contribution is 2.10. The van der Waals surface area contributed by atoms with Crippen LogP contribution in [-0.2, 0) is 11.2 Å². The van der Waals surface area contributed by atoms with Crippen molar-refractivity contribution in [3.05, 3.63) is 72.1 Å². The van der Waals surface area contributed by atoms with E-state index in [1.807, 2.05) is 24.3 Å². The third-order valence-electron chi connectivity index (χ3n) is 3.55. The van der Waals surface area contributed by atoms with E-state index in [4.69, 9.17) is 0 Å². The molecule has 24 heavy (non-hydrogen) atoms. The normalized spacial score (nSPS) is 11.8. The minimum absolute atomic E-state index is 0.0613. The summed E-state index contributed by atoms with van der Waals surface area (Å²) in [6.45, 7) is 0. The predicted molar refractivity (Wildman–Crippen MR) is 88.6 cm³/mol. The van der Waals surface area contributed by atoms with Gasteiger partial charge in [0.2, 0.25) is 0 Å². The van der Waals surface area contributed by atoms with Crippen molar-refractivity contribution in [3.63, 3.8) is 0 Å². The van der Waals surface area contributed by atoms with E-state index < -0.39 is 17.9 Å². The van der Waals surface area contributed by atoms with Crippen LogP contribution in [0.25, 0.3) is 11.0 Å². The van der Waals surface area contributed by atoms with Crippen LogP contribution in [0.1, 0.15) is 16.1 Å². The van der Waals surface area contributed by atoms with Crippen LogP contribution in [0, 0.1) is 0 Å². The summed E-state index contributed by atoms with van der Waals surface area (Å²) in [5.41, 5.74) is 2.35. The molecule has 1 heterocycles. The first-order valence-electron chi connectivity index (χ1n) is 7.43. The Bertz CT molecular complexity index is 881. The molecule has 1 aromatic heterocycles. The van der Waals surface area contributed by atoms with Crippen LogP contribution in [0.4, 0.5) is 0 Å². The molecule has 6 nitrogen and oxygen atoms in total. The van der Waals surface area contributed by atoms with Gasteiger partial charge in [0, 0.05) is 18.2 Å². The molecule has 3 rings (SSSR count). The fourth-order valence-electron chi connectivity index (χ4n) is 2.33. The predicted octanol–water partition coefficient (Wildman–Crippen LogP) is 2.06. The van der Waals surface area contributed by atoms with Gasteiger partial charge in [0.05, 0.1) is 16.7 Å².